The van der Waals surface area contributed by atoms with Gasteiger partial charge in [0.2, 0.25) is 5.91 Å². The van der Waals surface area contributed by atoms with Gasteiger partial charge >= 0.3 is 0 Å². The summed E-state index contributed by atoms with van der Waals surface area (Å²) in [6.45, 7) is 7.15. The molecule has 0 unspecified atom stereocenters. The van der Waals surface area contributed by atoms with Crippen molar-refractivity contribution in [2.24, 2.45) is 0 Å². The number of hydrogen-bond donors (Lipinski definition) is 0. The van der Waals surface area contributed by atoms with E-state index in [1.807, 2.05) is 4.90 Å². The molecule has 0 spiro atoms. The van der Waals surface area contributed by atoms with E-state index in [1.165, 1.54) is 28.2 Å². The van der Waals surface area contributed by atoms with E-state index < -0.39 is 0 Å². The number of thioether (sulfide) groups is 1. The third-order valence-corrected chi connectivity index (χ3v) is 5.67. The van der Waals surface area contributed by atoms with Crippen molar-refractivity contribution in [2.45, 2.75) is 18.7 Å². The van der Waals surface area contributed by atoms with Crippen LogP contribution in [-0.4, -0.2) is 42.7 Å². The van der Waals surface area contributed by atoms with Gasteiger partial charge in [0.1, 0.15) is 5.82 Å². The SMILES string of the molecule is Cc1ccc(SCC(=O)N2CCN(c3ccc(F)cc3)CC2)c(C)c1. The lowest BCUT2D eigenvalue weighted by Gasteiger charge is -2.36. The number of nitrogens with zero attached hydrogens (tertiary/aromatic N) is 2. The van der Waals surface area contributed by atoms with Crippen LogP contribution in [0.15, 0.2) is 47.4 Å². The largest absolute Gasteiger partial charge is 0.368 e. The zero-order valence-corrected chi connectivity index (χ0v) is 15.5. The summed E-state index contributed by atoms with van der Waals surface area (Å²) in [4.78, 5) is 17.8. The number of benzene rings is 2. The second kappa shape index (κ2) is 7.91. The van der Waals surface area contributed by atoms with Gasteiger partial charge in [0, 0.05) is 36.8 Å². The van der Waals surface area contributed by atoms with Crippen LogP contribution in [0.25, 0.3) is 0 Å². The second-order valence-corrected chi connectivity index (χ2v) is 7.42. The maximum Gasteiger partial charge on any atom is 0.233 e. The van der Waals surface area contributed by atoms with Gasteiger partial charge in [-0.05, 0) is 49.7 Å². The van der Waals surface area contributed by atoms with Gasteiger partial charge in [-0.1, -0.05) is 17.7 Å². The van der Waals surface area contributed by atoms with E-state index in [0.29, 0.717) is 18.8 Å². The summed E-state index contributed by atoms with van der Waals surface area (Å²) >= 11 is 1.61. The first-order valence-electron chi connectivity index (χ1n) is 8.51. The second-order valence-electron chi connectivity index (χ2n) is 6.40. The van der Waals surface area contributed by atoms with Crippen molar-refractivity contribution in [3.8, 4) is 0 Å². The average Bonchev–Trinajstić information content (AvgIpc) is 2.61. The highest BCUT2D eigenvalue weighted by Crippen LogP contribution is 2.24. The molecule has 1 amide bonds. The van der Waals surface area contributed by atoms with Crippen molar-refractivity contribution >= 4 is 23.4 Å². The predicted molar refractivity (Wildman–Crippen MR) is 102 cm³/mol. The zero-order valence-electron chi connectivity index (χ0n) is 14.7. The molecule has 0 N–H and O–H groups in total. The first-order valence-corrected chi connectivity index (χ1v) is 9.50. The molecule has 0 atom stereocenters. The number of aryl methyl sites for hydroxylation is 2. The number of amides is 1. The van der Waals surface area contributed by atoms with Crippen LogP contribution in [0.4, 0.5) is 10.1 Å². The standard InChI is InChI=1S/C20H23FN2OS/c1-15-3-8-19(16(2)13-15)25-14-20(24)23-11-9-22(10-12-23)18-6-4-17(21)5-7-18/h3-8,13H,9-12,14H2,1-2H3. The van der Waals surface area contributed by atoms with Crippen LogP contribution in [0.3, 0.4) is 0 Å². The van der Waals surface area contributed by atoms with Crippen molar-refractivity contribution in [2.75, 3.05) is 36.8 Å². The summed E-state index contributed by atoms with van der Waals surface area (Å²) in [5.41, 5.74) is 3.47. The predicted octanol–water partition coefficient (Wildman–Crippen LogP) is 3.88. The molecule has 1 heterocycles. The topological polar surface area (TPSA) is 23.6 Å². The van der Waals surface area contributed by atoms with Gasteiger partial charge in [-0.15, -0.1) is 11.8 Å². The molecule has 132 valence electrons. The van der Waals surface area contributed by atoms with Crippen LogP contribution in [0, 0.1) is 19.7 Å². The Kier molecular flexibility index (Phi) is 5.63. The molecule has 3 nitrogen and oxygen atoms in total. The van der Waals surface area contributed by atoms with Crippen molar-refractivity contribution < 1.29 is 9.18 Å². The van der Waals surface area contributed by atoms with Crippen LogP contribution in [0.5, 0.6) is 0 Å². The highest BCUT2D eigenvalue weighted by Gasteiger charge is 2.21. The smallest absolute Gasteiger partial charge is 0.233 e. The number of rotatable bonds is 4. The number of piperazine rings is 1. The molecule has 1 saturated heterocycles. The van der Waals surface area contributed by atoms with E-state index in [0.717, 1.165) is 18.8 Å². The number of carbonyl (C=O) groups is 1. The van der Waals surface area contributed by atoms with E-state index in [1.54, 1.807) is 23.9 Å². The van der Waals surface area contributed by atoms with Gasteiger partial charge in [0.05, 0.1) is 5.75 Å². The number of anilines is 1. The molecular formula is C20H23FN2OS. The minimum absolute atomic E-state index is 0.184. The van der Waals surface area contributed by atoms with Crippen LogP contribution in [-0.2, 0) is 4.79 Å². The van der Waals surface area contributed by atoms with Gasteiger partial charge in [0.15, 0.2) is 0 Å². The highest BCUT2D eigenvalue weighted by molar-refractivity contribution is 8.00. The Morgan fingerprint density at radius 3 is 2.36 bits per heavy atom. The number of hydrogen-bond acceptors (Lipinski definition) is 3. The molecule has 1 aliphatic rings. The van der Waals surface area contributed by atoms with Crippen LogP contribution in [0.1, 0.15) is 11.1 Å². The fraction of sp³-hybridized carbons (Fsp3) is 0.350. The third-order valence-electron chi connectivity index (χ3n) is 4.51. The van der Waals surface area contributed by atoms with Gasteiger partial charge in [0.25, 0.3) is 0 Å². The molecule has 1 fully saturated rings. The van der Waals surface area contributed by atoms with Crippen LogP contribution in [0.2, 0.25) is 0 Å². The lowest BCUT2D eigenvalue weighted by molar-refractivity contribution is -0.128. The molecule has 25 heavy (non-hydrogen) atoms. The summed E-state index contributed by atoms with van der Waals surface area (Å²) in [6, 6.07) is 12.9. The molecule has 0 aromatic heterocycles. The van der Waals surface area contributed by atoms with Gasteiger partial charge in [-0.25, -0.2) is 4.39 Å². The zero-order chi connectivity index (χ0) is 17.8. The molecule has 2 aromatic rings. The van der Waals surface area contributed by atoms with Crippen molar-refractivity contribution in [1.29, 1.82) is 0 Å². The van der Waals surface area contributed by atoms with E-state index >= 15 is 0 Å². The summed E-state index contributed by atoms with van der Waals surface area (Å²) in [5.74, 6) is 0.435. The Morgan fingerprint density at radius 2 is 1.72 bits per heavy atom. The normalized spacial score (nSPS) is 14.7. The summed E-state index contributed by atoms with van der Waals surface area (Å²) in [5, 5.41) is 0. The summed E-state index contributed by atoms with van der Waals surface area (Å²) in [7, 11) is 0. The van der Waals surface area contributed by atoms with Crippen molar-refractivity contribution in [1.82, 2.24) is 4.90 Å². The Bertz CT molecular complexity index is 740. The first kappa shape index (κ1) is 17.8. The molecule has 1 aliphatic heterocycles. The Balaban J connectivity index is 1.50. The minimum Gasteiger partial charge on any atom is -0.368 e. The Hall–Kier alpha value is -2.01. The fourth-order valence-corrected chi connectivity index (χ4v) is 3.97. The van der Waals surface area contributed by atoms with E-state index in [-0.39, 0.29) is 11.7 Å². The summed E-state index contributed by atoms with van der Waals surface area (Å²) in [6.07, 6.45) is 0. The fourth-order valence-electron chi connectivity index (χ4n) is 3.06. The quantitative estimate of drug-likeness (QED) is 0.775. The molecule has 0 aliphatic carbocycles. The third kappa shape index (κ3) is 4.54. The Labute approximate surface area is 152 Å². The maximum absolute atomic E-state index is 13.0. The van der Waals surface area contributed by atoms with E-state index in [9.17, 15) is 9.18 Å². The maximum atomic E-state index is 13.0. The monoisotopic (exact) mass is 358 g/mol. The number of halogens is 1. The molecule has 0 bridgehead atoms. The van der Waals surface area contributed by atoms with Gasteiger partial charge in [-0.3, -0.25) is 4.79 Å². The number of carbonyl (C=O) groups excluding carboxylic acids is 1. The molecular weight excluding hydrogens is 335 g/mol. The molecule has 0 radical (unpaired) electrons. The molecule has 0 saturated carbocycles. The minimum atomic E-state index is -0.221. The molecule has 2 aromatic carbocycles. The first-order chi connectivity index (χ1) is 12.0. The van der Waals surface area contributed by atoms with Gasteiger partial charge in [-0.2, -0.15) is 0 Å². The lowest BCUT2D eigenvalue weighted by atomic mass is 10.2. The van der Waals surface area contributed by atoms with E-state index in [2.05, 4.69) is 36.9 Å². The van der Waals surface area contributed by atoms with Gasteiger partial charge < -0.3 is 9.80 Å². The molecule has 5 heteroatoms. The van der Waals surface area contributed by atoms with Crippen LogP contribution >= 0.6 is 11.8 Å². The van der Waals surface area contributed by atoms with Crippen LogP contribution < -0.4 is 4.90 Å². The van der Waals surface area contributed by atoms with E-state index in [4.69, 9.17) is 0 Å². The Morgan fingerprint density at radius 1 is 1.04 bits per heavy atom. The lowest BCUT2D eigenvalue weighted by Crippen LogP contribution is -2.49. The van der Waals surface area contributed by atoms with Crippen molar-refractivity contribution in [3.63, 3.8) is 0 Å². The average molecular weight is 358 g/mol. The molecule has 3 rings (SSSR count). The highest BCUT2D eigenvalue weighted by atomic mass is 32.2. The summed E-state index contributed by atoms with van der Waals surface area (Å²) < 4.78 is 13.0. The van der Waals surface area contributed by atoms with Crippen molar-refractivity contribution in [3.05, 3.63) is 59.4 Å².